The number of anilines is 1. The molecule has 0 amide bonds. The van der Waals surface area contributed by atoms with Gasteiger partial charge in [0.05, 0.1) is 4.92 Å². The molecule has 7 nitrogen and oxygen atoms in total. The third kappa shape index (κ3) is 3.27. The van der Waals surface area contributed by atoms with E-state index in [1.807, 2.05) is 24.6 Å². The standard InChI is InChI=1S/C12H15N5O2/c1-9-5-10(7-11(6-9)17(18)19)13-4-3-12-15-14-8-16(12)2/h5-8,13H,3-4H2,1-2H3. The molecule has 2 rings (SSSR count). The SMILES string of the molecule is Cc1cc(NCCc2nncn2C)cc([N+](=O)[O-])c1. The number of nitro groups is 1. The summed E-state index contributed by atoms with van der Waals surface area (Å²) in [5, 5.41) is 21.7. The summed E-state index contributed by atoms with van der Waals surface area (Å²) in [6, 6.07) is 4.96. The minimum atomic E-state index is -0.388. The molecule has 1 N–H and O–H groups in total. The summed E-state index contributed by atoms with van der Waals surface area (Å²) in [6.07, 6.45) is 2.35. The molecule has 0 fully saturated rings. The number of hydrogen-bond acceptors (Lipinski definition) is 5. The lowest BCUT2D eigenvalue weighted by Gasteiger charge is -2.07. The first-order valence-corrected chi connectivity index (χ1v) is 5.89. The number of nitrogens with zero attached hydrogens (tertiary/aromatic N) is 4. The summed E-state index contributed by atoms with van der Waals surface area (Å²) in [4.78, 5) is 10.4. The van der Waals surface area contributed by atoms with Gasteiger partial charge in [0.15, 0.2) is 0 Å². The van der Waals surface area contributed by atoms with Crippen LogP contribution in [0.5, 0.6) is 0 Å². The lowest BCUT2D eigenvalue weighted by atomic mass is 10.2. The third-order valence-electron chi connectivity index (χ3n) is 2.76. The molecular formula is C12H15N5O2. The fourth-order valence-corrected chi connectivity index (χ4v) is 1.82. The fraction of sp³-hybridized carbons (Fsp3) is 0.333. The maximum Gasteiger partial charge on any atom is 0.271 e. The first kappa shape index (κ1) is 13.0. The summed E-state index contributed by atoms with van der Waals surface area (Å²) >= 11 is 0. The molecule has 0 unspecified atom stereocenters. The summed E-state index contributed by atoms with van der Waals surface area (Å²) in [5.41, 5.74) is 1.70. The van der Waals surface area contributed by atoms with Gasteiger partial charge in [0.25, 0.3) is 5.69 Å². The van der Waals surface area contributed by atoms with Crippen LogP contribution in [-0.4, -0.2) is 26.2 Å². The molecule has 0 bridgehead atoms. The van der Waals surface area contributed by atoms with Gasteiger partial charge in [-0.2, -0.15) is 0 Å². The molecule has 1 heterocycles. The van der Waals surface area contributed by atoms with Crippen molar-refractivity contribution in [2.75, 3.05) is 11.9 Å². The topological polar surface area (TPSA) is 85.9 Å². The Balaban J connectivity index is 2.00. The zero-order chi connectivity index (χ0) is 13.8. The third-order valence-corrected chi connectivity index (χ3v) is 2.76. The highest BCUT2D eigenvalue weighted by molar-refractivity contribution is 5.53. The minimum absolute atomic E-state index is 0.0983. The molecule has 1 aromatic carbocycles. The zero-order valence-corrected chi connectivity index (χ0v) is 10.8. The number of nitrogens with one attached hydrogen (secondary N) is 1. The second kappa shape index (κ2) is 5.47. The van der Waals surface area contributed by atoms with Crippen LogP contribution >= 0.6 is 0 Å². The van der Waals surface area contributed by atoms with E-state index < -0.39 is 0 Å². The van der Waals surface area contributed by atoms with Crippen molar-refractivity contribution in [3.05, 3.63) is 46.0 Å². The lowest BCUT2D eigenvalue weighted by molar-refractivity contribution is -0.384. The Bertz CT molecular complexity index is 594. The Morgan fingerprint density at radius 3 is 2.84 bits per heavy atom. The van der Waals surface area contributed by atoms with Gasteiger partial charge in [0, 0.05) is 37.8 Å². The summed E-state index contributed by atoms with van der Waals surface area (Å²) in [5.74, 6) is 0.870. The van der Waals surface area contributed by atoms with Crippen molar-refractivity contribution in [1.29, 1.82) is 0 Å². The average Bonchev–Trinajstić information content (AvgIpc) is 2.74. The van der Waals surface area contributed by atoms with E-state index in [2.05, 4.69) is 15.5 Å². The molecule has 0 aliphatic carbocycles. The van der Waals surface area contributed by atoms with Gasteiger partial charge in [-0.25, -0.2) is 0 Å². The predicted octanol–water partition coefficient (Wildman–Crippen LogP) is 1.69. The highest BCUT2D eigenvalue weighted by atomic mass is 16.6. The largest absolute Gasteiger partial charge is 0.384 e. The van der Waals surface area contributed by atoms with E-state index in [9.17, 15) is 10.1 Å². The fourth-order valence-electron chi connectivity index (χ4n) is 1.82. The number of aromatic nitrogens is 3. The molecule has 0 saturated heterocycles. The second-order valence-corrected chi connectivity index (χ2v) is 4.35. The van der Waals surface area contributed by atoms with Gasteiger partial charge in [-0.15, -0.1) is 10.2 Å². The minimum Gasteiger partial charge on any atom is -0.384 e. The molecule has 1 aromatic heterocycles. The van der Waals surface area contributed by atoms with Crippen LogP contribution in [-0.2, 0) is 13.5 Å². The molecule has 19 heavy (non-hydrogen) atoms. The number of benzene rings is 1. The van der Waals surface area contributed by atoms with Gasteiger partial charge >= 0.3 is 0 Å². The Hall–Kier alpha value is -2.44. The van der Waals surface area contributed by atoms with E-state index in [1.165, 1.54) is 6.07 Å². The van der Waals surface area contributed by atoms with Gasteiger partial charge in [0.1, 0.15) is 12.2 Å². The summed E-state index contributed by atoms with van der Waals surface area (Å²) < 4.78 is 1.85. The van der Waals surface area contributed by atoms with Crippen LogP contribution in [0.15, 0.2) is 24.5 Å². The number of nitro benzene ring substituents is 1. The van der Waals surface area contributed by atoms with Crippen LogP contribution in [0.3, 0.4) is 0 Å². The molecule has 0 radical (unpaired) electrons. The molecule has 7 heteroatoms. The Kier molecular flexibility index (Phi) is 3.74. The predicted molar refractivity (Wildman–Crippen MR) is 71.0 cm³/mol. The monoisotopic (exact) mass is 261 g/mol. The van der Waals surface area contributed by atoms with Gasteiger partial charge in [-0.3, -0.25) is 10.1 Å². The van der Waals surface area contributed by atoms with E-state index in [0.29, 0.717) is 13.0 Å². The van der Waals surface area contributed by atoms with Crippen LogP contribution in [0.1, 0.15) is 11.4 Å². The van der Waals surface area contributed by atoms with Crippen LogP contribution in [0.4, 0.5) is 11.4 Å². The molecular weight excluding hydrogens is 246 g/mol. The molecule has 100 valence electrons. The number of non-ortho nitro benzene ring substituents is 1. The van der Waals surface area contributed by atoms with Crippen molar-refractivity contribution in [3.63, 3.8) is 0 Å². The van der Waals surface area contributed by atoms with E-state index in [4.69, 9.17) is 0 Å². The molecule has 0 atom stereocenters. The highest BCUT2D eigenvalue weighted by Gasteiger charge is 2.08. The Labute approximate surface area is 110 Å². The molecule has 0 saturated carbocycles. The van der Waals surface area contributed by atoms with Crippen LogP contribution in [0, 0.1) is 17.0 Å². The van der Waals surface area contributed by atoms with Gasteiger partial charge < -0.3 is 9.88 Å². The Morgan fingerprint density at radius 2 is 2.21 bits per heavy atom. The maximum absolute atomic E-state index is 10.8. The lowest BCUT2D eigenvalue weighted by Crippen LogP contribution is -2.09. The Morgan fingerprint density at radius 1 is 1.42 bits per heavy atom. The van der Waals surface area contributed by atoms with Crippen molar-refractivity contribution < 1.29 is 4.92 Å². The average molecular weight is 261 g/mol. The van der Waals surface area contributed by atoms with Crippen molar-refractivity contribution >= 4 is 11.4 Å². The van der Waals surface area contributed by atoms with Crippen LogP contribution < -0.4 is 5.32 Å². The first-order valence-electron chi connectivity index (χ1n) is 5.89. The molecule has 0 aliphatic heterocycles. The van der Waals surface area contributed by atoms with Crippen molar-refractivity contribution in [1.82, 2.24) is 14.8 Å². The van der Waals surface area contributed by atoms with E-state index >= 15 is 0 Å². The van der Waals surface area contributed by atoms with Crippen molar-refractivity contribution in [3.8, 4) is 0 Å². The van der Waals surface area contributed by atoms with Gasteiger partial charge in [-0.05, 0) is 18.6 Å². The van der Waals surface area contributed by atoms with Crippen molar-refractivity contribution in [2.24, 2.45) is 7.05 Å². The van der Waals surface area contributed by atoms with Gasteiger partial charge in [-0.1, -0.05) is 0 Å². The zero-order valence-electron chi connectivity index (χ0n) is 10.8. The normalized spacial score (nSPS) is 10.4. The number of rotatable bonds is 5. The summed E-state index contributed by atoms with van der Waals surface area (Å²) in [7, 11) is 1.88. The second-order valence-electron chi connectivity index (χ2n) is 4.35. The van der Waals surface area contributed by atoms with E-state index in [-0.39, 0.29) is 10.6 Å². The van der Waals surface area contributed by atoms with Crippen molar-refractivity contribution in [2.45, 2.75) is 13.3 Å². The smallest absolute Gasteiger partial charge is 0.271 e. The number of aryl methyl sites for hydroxylation is 2. The molecule has 2 aromatic rings. The molecule has 0 aliphatic rings. The van der Waals surface area contributed by atoms with Gasteiger partial charge in [0.2, 0.25) is 0 Å². The van der Waals surface area contributed by atoms with Crippen LogP contribution in [0.2, 0.25) is 0 Å². The molecule has 0 spiro atoms. The maximum atomic E-state index is 10.8. The van der Waals surface area contributed by atoms with E-state index in [1.54, 1.807) is 12.4 Å². The number of hydrogen-bond donors (Lipinski definition) is 1. The quantitative estimate of drug-likeness (QED) is 0.653. The first-order chi connectivity index (χ1) is 9.06. The van der Waals surface area contributed by atoms with Crippen LogP contribution in [0.25, 0.3) is 0 Å². The summed E-state index contributed by atoms with van der Waals surface area (Å²) in [6.45, 7) is 2.48. The highest BCUT2D eigenvalue weighted by Crippen LogP contribution is 2.20. The van der Waals surface area contributed by atoms with E-state index in [0.717, 1.165) is 17.1 Å².